The van der Waals surface area contributed by atoms with Crippen molar-refractivity contribution in [3.05, 3.63) is 0 Å². The van der Waals surface area contributed by atoms with Crippen LogP contribution in [0.3, 0.4) is 0 Å². The number of amides is 1. The summed E-state index contributed by atoms with van der Waals surface area (Å²) in [6.07, 6.45) is 9.84. The summed E-state index contributed by atoms with van der Waals surface area (Å²) in [6.45, 7) is 5.42. The lowest BCUT2D eigenvalue weighted by atomic mass is 9.78. The molecule has 0 spiro atoms. The second kappa shape index (κ2) is 5.91. The van der Waals surface area contributed by atoms with Gasteiger partial charge in [-0.2, -0.15) is 0 Å². The highest BCUT2D eigenvalue weighted by molar-refractivity contribution is 5.80. The molecule has 4 unspecified atom stereocenters. The highest BCUT2D eigenvalue weighted by Gasteiger charge is 2.45. The molecule has 3 rings (SSSR count). The van der Waals surface area contributed by atoms with Crippen molar-refractivity contribution in [3.63, 3.8) is 0 Å². The van der Waals surface area contributed by atoms with Crippen molar-refractivity contribution in [2.45, 2.75) is 83.8 Å². The Hall–Kier alpha value is -0.570. The Labute approximate surface area is 129 Å². The molecule has 0 aromatic carbocycles. The first kappa shape index (κ1) is 15.3. The van der Waals surface area contributed by atoms with E-state index in [0.717, 1.165) is 45.1 Å². The van der Waals surface area contributed by atoms with Gasteiger partial charge in [-0.3, -0.25) is 4.79 Å². The van der Waals surface area contributed by atoms with Crippen molar-refractivity contribution in [3.8, 4) is 0 Å². The summed E-state index contributed by atoms with van der Waals surface area (Å²) in [5, 5.41) is 10.4. The lowest BCUT2D eigenvalue weighted by Crippen LogP contribution is -2.48. The standard InChI is InChI=1S/C18H31NO2/c1-18(2)11-5-8-14(18)17(21)19-12-6-9-15(19)13-7-3-4-10-16(13)20/h13-16,20H,3-12H2,1-2H3. The van der Waals surface area contributed by atoms with Gasteiger partial charge in [0.25, 0.3) is 0 Å². The van der Waals surface area contributed by atoms with Gasteiger partial charge in [0, 0.05) is 24.4 Å². The van der Waals surface area contributed by atoms with Gasteiger partial charge in [-0.05, 0) is 43.9 Å². The summed E-state index contributed by atoms with van der Waals surface area (Å²) in [7, 11) is 0. The number of aliphatic hydroxyl groups is 1. The van der Waals surface area contributed by atoms with Crippen molar-refractivity contribution in [2.75, 3.05) is 6.54 Å². The molecule has 2 saturated carbocycles. The van der Waals surface area contributed by atoms with Crippen LogP contribution in [0.4, 0.5) is 0 Å². The van der Waals surface area contributed by atoms with E-state index in [0.29, 0.717) is 17.9 Å². The number of hydrogen-bond acceptors (Lipinski definition) is 2. The summed E-state index contributed by atoms with van der Waals surface area (Å²) in [5.74, 6) is 0.923. The molecule has 0 bridgehead atoms. The van der Waals surface area contributed by atoms with Gasteiger partial charge in [0.1, 0.15) is 0 Å². The molecule has 4 atom stereocenters. The van der Waals surface area contributed by atoms with Gasteiger partial charge < -0.3 is 10.0 Å². The van der Waals surface area contributed by atoms with Crippen LogP contribution in [0.25, 0.3) is 0 Å². The van der Waals surface area contributed by atoms with Crippen LogP contribution in [0.15, 0.2) is 0 Å². The number of aliphatic hydroxyl groups excluding tert-OH is 1. The van der Waals surface area contributed by atoms with Crippen molar-refractivity contribution in [1.82, 2.24) is 4.90 Å². The number of nitrogens with zero attached hydrogens (tertiary/aromatic N) is 1. The molecule has 1 saturated heterocycles. The van der Waals surface area contributed by atoms with Gasteiger partial charge in [0.05, 0.1) is 6.10 Å². The predicted octanol–water partition coefficient (Wildman–Crippen LogP) is 3.35. The first-order valence-electron chi connectivity index (χ1n) is 8.99. The fourth-order valence-corrected chi connectivity index (χ4v) is 5.08. The third kappa shape index (κ3) is 2.86. The zero-order valence-electron chi connectivity index (χ0n) is 13.7. The summed E-state index contributed by atoms with van der Waals surface area (Å²) in [6, 6.07) is 0.309. The molecule has 3 nitrogen and oxygen atoms in total. The first-order chi connectivity index (χ1) is 10.0. The molecule has 2 aliphatic carbocycles. The lowest BCUT2D eigenvalue weighted by Gasteiger charge is -2.39. The second-order valence-electron chi connectivity index (χ2n) is 8.19. The van der Waals surface area contributed by atoms with Gasteiger partial charge >= 0.3 is 0 Å². The molecule has 3 heteroatoms. The fraction of sp³-hybridized carbons (Fsp3) is 0.944. The zero-order chi connectivity index (χ0) is 15.0. The summed E-state index contributed by atoms with van der Waals surface area (Å²) >= 11 is 0. The van der Waals surface area contributed by atoms with Crippen LogP contribution < -0.4 is 0 Å². The third-order valence-corrected chi connectivity index (χ3v) is 6.41. The predicted molar refractivity (Wildman–Crippen MR) is 83.8 cm³/mol. The van der Waals surface area contributed by atoms with Crippen LogP contribution in [0.2, 0.25) is 0 Å². The SMILES string of the molecule is CC1(C)CCCC1C(=O)N1CCCC1C1CCCCC1O. The van der Waals surface area contributed by atoms with Gasteiger partial charge in [0.15, 0.2) is 0 Å². The van der Waals surface area contributed by atoms with Crippen molar-refractivity contribution in [1.29, 1.82) is 0 Å². The average Bonchev–Trinajstić information content (AvgIpc) is 3.04. The molecule has 0 radical (unpaired) electrons. The molecule has 3 fully saturated rings. The van der Waals surface area contributed by atoms with Gasteiger partial charge in [-0.1, -0.05) is 33.1 Å². The number of hydrogen-bond donors (Lipinski definition) is 1. The van der Waals surface area contributed by atoms with E-state index in [1.807, 2.05) is 0 Å². The molecule has 0 aromatic heterocycles. The van der Waals surface area contributed by atoms with Crippen LogP contribution >= 0.6 is 0 Å². The first-order valence-corrected chi connectivity index (χ1v) is 8.99. The Kier molecular flexibility index (Phi) is 4.31. The normalized spacial score (nSPS) is 39.7. The molecule has 21 heavy (non-hydrogen) atoms. The highest BCUT2D eigenvalue weighted by atomic mass is 16.3. The van der Waals surface area contributed by atoms with E-state index in [1.54, 1.807) is 0 Å². The molecule has 120 valence electrons. The fourth-order valence-electron chi connectivity index (χ4n) is 5.08. The third-order valence-electron chi connectivity index (χ3n) is 6.41. The summed E-state index contributed by atoms with van der Waals surface area (Å²) < 4.78 is 0. The molecule has 1 heterocycles. The maximum atomic E-state index is 13.1. The number of carbonyl (C=O) groups excluding carboxylic acids is 1. The van der Waals surface area contributed by atoms with E-state index in [-0.39, 0.29) is 17.4 Å². The summed E-state index contributed by atoms with van der Waals surface area (Å²) in [5.41, 5.74) is 0.162. The quantitative estimate of drug-likeness (QED) is 0.848. The van der Waals surface area contributed by atoms with E-state index < -0.39 is 0 Å². The highest BCUT2D eigenvalue weighted by Crippen LogP contribution is 2.45. The maximum Gasteiger partial charge on any atom is 0.226 e. The van der Waals surface area contributed by atoms with Gasteiger partial charge in [-0.25, -0.2) is 0 Å². The Morgan fingerprint density at radius 2 is 1.81 bits per heavy atom. The molecule has 1 amide bonds. The second-order valence-corrected chi connectivity index (χ2v) is 8.19. The molecule has 0 aromatic rings. The maximum absolute atomic E-state index is 13.1. The monoisotopic (exact) mass is 293 g/mol. The summed E-state index contributed by atoms with van der Waals surface area (Å²) in [4.78, 5) is 15.2. The molecule has 3 aliphatic rings. The number of likely N-dealkylation sites (tertiary alicyclic amines) is 1. The Morgan fingerprint density at radius 1 is 1.05 bits per heavy atom. The number of rotatable bonds is 2. The minimum atomic E-state index is -0.186. The molecular formula is C18H31NO2. The average molecular weight is 293 g/mol. The molecule has 1 N–H and O–H groups in total. The molecule has 1 aliphatic heterocycles. The van der Waals surface area contributed by atoms with E-state index in [9.17, 15) is 9.90 Å². The van der Waals surface area contributed by atoms with E-state index in [2.05, 4.69) is 18.7 Å². The topological polar surface area (TPSA) is 40.5 Å². The largest absolute Gasteiger partial charge is 0.393 e. The van der Waals surface area contributed by atoms with Crippen LogP contribution in [0, 0.1) is 17.3 Å². The van der Waals surface area contributed by atoms with Crippen LogP contribution in [0.5, 0.6) is 0 Å². The molecular weight excluding hydrogens is 262 g/mol. The smallest absolute Gasteiger partial charge is 0.226 e. The Balaban J connectivity index is 1.73. The minimum Gasteiger partial charge on any atom is -0.393 e. The Morgan fingerprint density at radius 3 is 2.48 bits per heavy atom. The van der Waals surface area contributed by atoms with Gasteiger partial charge in [-0.15, -0.1) is 0 Å². The number of carbonyl (C=O) groups is 1. The Bertz CT molecular complexity index is 393. The zero-order valence-corrected chi connectivity index (χ0v) is 13.7. The van der Waals surface area contributed by atoms with Crippen molar-refractivity contribution in [2.24, 2.45) is 17.3 Å². The van der Waals surface area contributed by atoms with Crippen LogP contribution in [0.1, 0.15) is 71.6 Å². The van der Waals surface area contributed by atoms with Crippen molar-refractivity contribution < 1.29 is 9.90 Å². The van der Waals surface area contributed by atoms with E-state index >= 15 is 0 Å². The lowest BCUT2D eigenvalue weighted by molar-refractivity contribution is -0.141. The van der Waals surface area contributed by atoms with Crippen LogP contribution in [-0.2, 0) is 4.79 Å². The van der Waals surface area contributed by atoms with E-state index in [1.165, 1.54) is 19.3 Å². The van der Waals surface area contributed by atoms with Crippen molar-refractivity contribution >= 4 is 5.91 Å². The van der Waals surface area contributed by atoms with Gasteiger partial charge in [0.2, 0.25) is 5.91 Å². The van der Waals surface area contributed by atoms with E-state index in [4.69, 9.17) is 0 Å². The minimum absolute atomic E-state index is 0.162. The van der Waals surface area contributed by atoms with Crippen LogP contribution in [-0.4, -0.2) is 34.6 Å².